The standard InChI is InChI=1S/C12H14ClFN4S/c1-2-5-15-12-17-7-9(14)11(18-12)16-6-8-3-4-10(13)19-8/h3-4,7H,2,5-6H2,1H3,(H2,15,16,17,18). The van der Waals surface area contributed by atoms with Gasteiger partial charge in [-0.1, -0.05) is 18.5 Å². The molecule has 7 heteroatoms. The first kappa shape index (κ1) is 14.0. The second kappa shape index (κ2) is 6.68. The van der Waals surface area contributed by atoms with Crippen molar-refractivity contribution >= 4 is 34.7 Å². The van der Waals surface area contributed by atoms with Gasteiger partial charge in [-0.05, 0) is 18.6 Å². The van der Waals surface area contributed by atoms with Crippen LogP contribution in [0.25, 0.3) is 0 Å². The zero-order valence-corrected chi connectivity index (χ0v) is 12.0. The highest BCUT2D eigenvalue weighted by Gasteiger charge is 2.07. The van der Waals surface area contributed by atoms with Gasteiger partial charge in [-0.3, -0.25) is 0 Å². The molecule has 0 fully saturated rings. The highest BCUT2D eigenvalue weighted by Crippen LogP contribution is 2.22. The molecule has 0 amide bonds. The largest absolute Gasteiger partial charge is 0.363 e. The van der Waals surface area contributed by atoms with Crippen LogP contribution >= 0.6 is 22.9 Å². The van der Waals surface area contributed by atoms with Gasteiger partial charge in [0, 0.05) is 11.4 Å². The van der Waals surface area contributed by atoms with E-state index in [4.69, 9.17) is 11.6 Å². The van der Waals surface area contributed by atoms with Gasteiger partial charge in [-0.15, -0.1) is 11.3 Å². The van der Waals surface area contributed by atoms with Crippen molar-refractivity contribution in [2.75, 3.05) is 17.2 Å². The van der Waals surface area contributed by atoms with E-state index in [-0.39, 0.29) is 5.82 Å². The van der Waals surface area contributed by atoms with Crippen molar-refractivity contribution in [1.82, 2.24) is 9.97 Å². The highest BCUT2D eigenvalue weighted by molar-refractivity contribution is 7.16. The Morgan fingerprint density at radius 2 is 2.21 bits per heavy atom. The summed E-state index contributed by atoms with van der Waals surface area (Å²) in [6.07, 6.45) is 2.12. The Morgan fingerprint density at radius 3 is 2.89 bits per heavy atom. The third-order valence-electron chi connectivity index (χ3n) is 2.34. The third kappa shape index (κ3) is 4.04. The Morgan fingerprint density at radius 1 is 1.37 bits per heavy atom. The molecule has 2 heterocycles. The van der Waals surface area contributed by atoms with Crippen molar-refractivity contribution in [2.45, 2.75) is 19.9 Å². The number of hydrogen-bond acceptors (Lipinski definition) is 5. The summed E-state index contributed by atoms with van der Waals surface area (Å²) in [5, 5.41) is 5.96. The molecule has 102 valence electrons. The zero-order chi connectivity index (χ0) is 13.7. The summed E-state index contributed by atoms with van der Waals surface area (Å²) < 4.78 is 14.3. The summed E-state index contributed by atoms with van der Waals surface area (Å²) in [5.74, 6) is 0.151. The first-order valence-electron chi connectivity index (χ1n) is 5.93. The lowest BCUT2D eigenvalue weighted by Crippen LogP contribution is -2.08. The predicted molar refractivity (Wildman–Crippen MR) is 77.4 cm³/mol. The lowest BCUT2D eigenvalue weighted by molar-refractivity contribution is 0.617. The molecule has 2 rings (SSSR count). The van der Waals surface area contributed by atoms with Crippen molar-refractivity contribution in [3.63, 3.8) is 0 Å². The molecule has 0 atom stereocenters. The van der Waals surface area contributed by atoms with Crippen LogP contribution in [0.4, 0.5) is 16.2 Å². The lowest BCUT2D eigenvalue weighted by atomic mass is 10.4. The molecular weight excluding hydrogens is 287 g/mol. The van der Waals surface area contributed by atoms with Gasteiger partial charge in [0.1, 0.15) is 0 Å². The SMILES string of the molecule is CCCNc1ncc(F)c(NCc2ccc(Cl)s2)n1. The van der Waals surface area contributed by atoms with Gasteiger partial charge in [0.05, 0.1) is 17.1 Å². The van der Waals surface area contributed by atoms with E-state index in [1.54, 1.807) is 0 Å². The van der Waals surface area contributed by atoms with Crippen LogP contribution in [0.2, 0.25) is 4.34 Å². The second-order valence-corrected chi connectivity index (χ2v) is 5.68. The number of rotatable bonds is 6. The summed E-state index contributed by atoms with van der Waals surface area (Å²) in [4.78, 5) is 8.99. The molecule has 4 nitrogen and oxygen atoms in total. The number of anilines is 2. The number of aromatic nitrogens is 2. The molecule has 0 aliphatic heterocycles. The van der Waals surface area contributed by atoms with Crippen molar-refractivity contribution < 1.29 is 4.39 Å². The van der Waals surface area contributed by atoms with Gasteiger partial charge in [0.25, 0.3) is 0 Å². The van der Waals surface area contributed by atoms with Crippen LogP contribution in [0, 0.1) is 5.82 Å². The van der Waals surface area contributed by atoms with E-state index in [0.717, 1.165) is 24.0 Å². The first-order valence-corrected chi connectivity index (χ1v) is 7.13. The zero-order valence-electron chi connectivity index (χ0n) is 10.4. The molecule has 2 aromatic rings. The normalized spacial score (nSPS) is 10.5. The molecule has 0 saturated carbocycles. The smallest absolute Gasteiger partial charge is 0.224 e. The molecule has 2 N–H and O–H groups in total. The Balaban J connectivity index is 2.02. The van der Waals surface area contributed by atoms with E-state index >= 15 is 0 Å². The minimum atomic E-state index is -0.468. The van der Waals surface area contributed by atoms with Gasteiger partial charge in [-0.2, -0.15) is 4.98 Å². The fraction of sp³-hybridized carbons (Fsp3) is 0.333. The molecular formula is C12H14ClFN4S. The molecule has 0 aliphatic rings. The number of hydrogen-bond donors (Lipinski definition) is 2. The molecule has 0 spiro atoms. The number of thiophene rings is 1. The summed E-state index contributed by atoms with van der Waals surface area (Å²) in [6.45, 7) is 3.28. The van der Waals surface area contributed by atoms with Gasteiger partial charge >= 0.3 is 0 Å². The molecule has 0 radical (unpaired) electrons. The van der Waals surface area contributed by atoms with E-state index in [2.05, 4.69) is 20.6 Å². The van der Waals surface area contributed by atoms with E-state index in [9.17, 15) is 4.39 Å². The average Bonchev–Trinajstić information content (AvgIpc) is 2.82. The fourth-order valence-corrected chi connectivity index (χ4v) is 2.46. The first-order chi connectivity index (χ1) is 9.19. The molecule has 0 aliphatic carbocycles. The van der Waals surface area contributed by atoms with Crippen LogP contribution in [0.1, 0.15) is 18.2 Å². The van der Waals surface area contributed by atoms with Crippen LogP contribution in [0.3, 0.4) is 0 Å². The Hall–Kier alpha value is -1.40. The fourth-order valence-electron chi connectivity index (χ4n) is 1.43. The summed E-state index contributed by atoms with van der Waals surface area (Å²) >= 11 is 7.29. The molecule has 0 bridgehead atoms. The minimum Gasteiger partial charge on any atom is -0.363 e. The predicted octanol–water partition coefficient (Wildman–Crippen LogP) is 3.76. The monoisotopic (exact) mass is 300 g/mol. The van der Waals surface area contributed by atoms with Crippen molar-refractivity contribution in [3.05, 3.63) is 33.4 Å². The maximum Gasteiger partial charge on any atom is 0.224 e. The van der Waals surface area contributed by atoms with Gasteiger partial charge in [-0.25, -0.2) is 9.37 Å². The molecule has 0 aromatic carbocycles. The van der Waals surface area contributed by atoms with Crippen LogP contribution < -0.4 is 10.6 Å². The average molecular weight is 301 g/mol. The van der Waals surface area contributed by atoms with Gasteiger partial charge < -0.3 is 10.6 Å². The summed E-state index contributed by atoms with van der Waals surface area (Å²) in [5.41, 5.74) is 0. The van der Waals surface area contributed by atoms with Gasteiger partial charge in [0.15, 0.2) is 11.6 Å². The number of halogens is 2. The van der Waals surface area contributed by atoms with Crippen LogP contribution in [-0.2, 0) is 6.54 Å². The quantitative estimate of drug-likeness (QED) is 0.853. The summed E-state index contributed by atoms with van der Waals surface area (Å²) in [7, 11) is 0. The maximum absolute atomic E-state index is 13.6. The molecule has 2 aromatic heterocycles. The van der Waals surface area contributed by atoms with E-state index in [0.29, 0.717) is 16.8 Å². The van der Waals surface area contributed by atoms with Crippen molar-refractivity contribution in [3.8, 4) is 0 Å². The Kier molecular flexibility index (Phi) is 4.93. The van der Waals surface area contributed by atoms with Gasteiger partial charge in [0.2, 0.25) is 5.95 Å². The number of nitrogens with zero attached hydrogens (tertiary/aromatic N) is 2. The molecule has 19 heavy (non-hydrogen) atoms. The Bertz CT molecular complexity index is 546. The van der Waals surface area contributed by atoms with Crippen LogP contribution in [0.15, 0.2) is 18.3 Å². The van der Waals surface area contributed by atoms with Crippen molar-refractivity contribution in [1.29, 1.82) is 0 Å². The van der Waals surface area contributed by atoms with E-state index < -0.39 is 5.82 Å². The molecule has 0 unspecified atom stereocenters. The van der Waals surface area contributed by atoms with E-state index in [1.165, 1.54) is 11.3 Å². The lowest BCUT2D eigenvalue weighted by Gasteiger charge is -2.08. The van der Waals surface area contributed by atoms with E-state index in [1.807, 2.05) is 19.1 Å². The Labute approximate surface area is 120 Å². The van der Waals surface area contributed by atoms with Crippen LogP contribution in [-0.4, -0.2) is 16.5 Å². The molecule has 0 saturated heterocycles. The highest BCUT2D eigenvalue weighted by atomic mass is 35.5. The van der Waals surface area contributed by atoms with Crippen molar-refractivity contribution in [2.24, 2.45) is 0 Å². The number of nitrogens with one attached hydrogen (secondary N) is 2. The third-order valence-corrected chi connectivity index (χ3v) is 3.57. The minimum absolute atomic E-state index is 0.193. The second-order valence-electron chi connectivity index (χ2n) is 3.88. The maximum atomic E-state index is 13.6. The van der Waals surface area contributed by atoms with Crippen LogP contribution in [0.5, 0.6) is 0 Å². The topological polar surface area (TPSA) is 49.8 Å². The summed E-state index contributed by atoms with van der Waals surface area (Å²) in [6, 6.07) is 3.71.